The third-order valence-corrected chi connectivity index (χ3v) is 3.20. The fourth-order valence-corrected chi connectivity index (χ4v) is 2.03. The Kier molecular flexibility index (Phi) is 4.17. The summed E-state index contributed by atoms with van der Waals surface area (Å²) in [6.45, 7) is 0. The number of carbonyl (C=O) groups is 1. The summed E-state index contributed by atoms with van der Waals surface area (Å²) in [5.74, 6) is -2.38. The number of halogens is 4. The zero-order valence-corrected chi connectivity index (χ0v) is 11.7. The summed E-state index contributed by atoms with van der Waals surface area (Å²) in [6.07, 6.45) is 0. The minimum atomic E-state index is -0.848. The van der Waals surface area contributed by atoms with Crippen molar-refractivity contribution in [1.82, 2.24) is 0 Å². The summed E-state index contributed by atoms with van der Waals surface area (Å²) in [4.78, 5) is 11.9. The minimum absolute atomic E-state index is 0.124. The van der Waals surface area contributed by atoms with E-state index in [4.69, 9.17) is 11.6 Å². The molecule has 0 saturated heterocycles. The van der Waals surface area contributed by atoms with Gasteiger partial charge in [0.1, 0.15) is 17.3 Å². The highest BCUT2D eigenvalue weighted by Crippen LogP contribution is 2.24. The molecule has 6 heteroatoms. The van der Waals surface area contributed by atoms with Crippen molar-refractivity contribution in [3.63, 3.8) is 0 Å². The van der Waals surface area contributed by atoms with Gasteiger partial charge in [-0.05, 0) is 30.3 Å². The van der Waals surface area contributed by atoms with Gasteiger partial charge < -0.3 is 5.32 Å². The first kappa shape index (κ1) is 14.0. The number of para-hydroxylation sites is 1. The Morgan fingerprint density at radius 3 is 2.42 bits per heavy atom. The first-order chi connectivity index (χ1) is 8.99. The highest BCUT2D eigenvalue weighted by Gasteiger charge is 2.15. The van der Waals surface area contributed by atoms with Crippen LogP contribution in [-0.4, -0.2) is 5.91 Å². The molecule has 98 valence electrons. The van der Waals surface area contributed by atoms with Gasteiger partial charge in [-0.1, -0.05) is 33.6 Å². The van der Waals surface area contributed by atoms with Gasteiger partial charge >= 0.3 is 0 Å². The van der Waals surface area contributed by atoms with E-state index in [1.165, 1.54) is 18.2 Å². The number of benzene rings is 2. The summed E-state index contributed by atoms with van der Waals surface area (Å²) < 4.78 is 27.5. The van der Waals surface area contributed by atoms with E-state index in [0.29, 0.717) is 4.47 Å². The van der Waals surface area contributed by atoms with Crippen LogP contribution in [0.1, 0.15) is 10.4 Å². The van der Waals surface area contributed by atoms with E-state index in [2.05, 4.69) is 21.2 Å². The van der Waals surface area contributed by atoms with Crippen molar-refractivity contribution < 1.29 is 13.6 Å². The first-order valence-electron chi connectivity index (χ1n) is 5.19. The van der Waals surface area contributed by atoms with E-state index in [-0.39, 0.29) is 10.6 Å². The number of hydrogen-bond acceptors (Lipinski definition) is 1. The molecule has 2 nitrogen and oxygen atoms in total. The Bertz CT molecular complexity index is 628. The summed E-state index contributed by atoms with van der Waals surface area (Å²) in [5.41, 5.74) is -0.373. The number of nitrogens with one attached hydrogen (secondary N) is 1. The zero-order chi connectivity index (χ0) is 14.0. The Morgan fingerprint density at radius 2 is 1.79 bits per heavy atom. The molecule has 0 fully saturated rings. The molecule has 0 saturated carbocycles. The minimum Gasteiger partial charge on any atom is -0.317 e. The molecule has 1 amide bonds. The molecule has 0 aromatic heterocycles. The van der Waals surface area contributed by atoms with Crippen molar-refractivity contribution in [3.05, 3.63) is 63.1 Å². The molecule has 0 aliphatic rings. The predicted octanol–water partition coefficient (Wildman–Crippen LogP) is 4.63. The average molecular weight is 347 g/mol. The molecule has 0 aliphatic heterocycles. The monoisotopic (exact) mass is 345 g/mol. The van der Waals surface area contributed by atoms with E-state index in [9.17, 15) is 13.6 Å². The predicted molar refractivity (Wildman–Crippen MR) is 73.5 cm³/mol. The van der Waals surface area contributed by atoms with E-state index >= 15 is 0 Å². The molecule has 1 N–H and O–H groups in total. The molecule has 19 heavy (non-hydrogen) atoms. The van der Waals surface area contributed by atoms with Crippen LogP contribution in [0.15, 0.2) is 40.9 Å². The second kappa shape index (κ2) is 5.67. The maximum atomic E-state index is 13.4. The fraction of sp³-hybridized carbons (Fsp3) is 0. The largest absolute Gasteiger partial charge is 0.317 e. The van der Waals surface area contributed by atoms with E-state index in [1.54, 1.807) is 6.07 Å². The van der Waals surface area contributed by atoms with Gasteiger partial charge in [-0.15, -0.1) is 0 Å². The number of hydrogen-bond donors (Lipinski definition) is 1. The van der Waals surface area contributed by atoms with Crippen LogP contribution in [0.4, 0.5) is 14.5 Å². The van der Waals surface area contributed by atoms with Crippen LogP contribution in [0, 0.1) is 11.6 Å². The Balaban J connectivity index is 2.34. The Labute approximate surface area is 121 Å². The highest BCUT2D eigenvalue weighted by atomic mass is 79.9. The molecule has 0 aliphatic carbocycles. The molecule has 2 aromatic carbocycles. The fourth-order valence-electron chi connectivity index (χ4n) is 1.47. The second-order valence-electron chi connectivity index (χ2n) is 3.67. The molecular formula is C13H7BrClF2NO. The van der Waals surface area contributed by atoms with Crippen LogP contribution in [0.3, 0.4) is 0 Å². The van der Waals surface area contributed by atoms with Gasteiger partial charge in [0, 0.05) is 4.47 Å². The lowest BCUT2D eigenvalue weighted by Crippen LogP contribution is -2.14. The molecular weight excluding hydrogens is 340 g/mol. The van der Waals surface area contributed by atoms with Crippen molar-refractivity contribution in [3.8, 4) is 0 Å². The normalized spacial score (nSPS) is 10.3. The third-order valence-electron chi connectivity index (χ3n) is 2.37. The van der Waals surface area contributed by atoms with Gasteiger partial charge in [0.05, 0.1) is 10.6 Å². The number of anilines is 1. The van der Waals surface area contributed by atoms with Crippen molar-refractivity contribution in [2.45, 2.75) is 0 Å². The number of carbonyl (C=O) groups excluding carboxylic acids is 1. The molecule has 0 radical (unpaired) electrons. The third kappa shape index (κ3) is 3.11. The molecule has 0 atom stereocenters. The number of amides is 1. The molecule has 0 spiro atoms. The van der Waals surface area contributed by atoms with E-state index < -0.39 is 23.2 Å². The molecule has 2 aromatic rings. The van der Waals surface area contributed by atoms with Gasteiger partial charge in [0.2, 0.25) is 0 Å². The van der Waals surface area contributed by atoms with Crippen LogP contribution in [0.25, 0.3) is 0 Å². The standard InChI is InChI=1S/C13H7BrClF2NO/c14-7-4-5-9(15)8(6-7)13(19)18-12-10(16)2-1-3-11(12)17/h1-6H,(H,18,19). The average Bonchev–Trinajstić information content (AvgIpc) is 2.37. The van der Waals surface area contributed by atoms with Gasteiger partial charge in [0.25, 0.3) is 5.91 Å². The number of rotatable bonds is 2. The zero-order valence-electron chi connectivity index (χ0n) is 9.38. The lowest BCUT2D eigenvalue weighted by Gasteiger charge is -2.09. The highest BCUT2D eigenvalue weighted by molar-refractivity contribution is 9.10. The smallest absolute Gasteiger partial charge is 0.257 e. The second-order valence-corrected chi connectivity index (χ2v) is 5.00. The van der Waals surface area contributed by atoms with E-state index in [0.717, 1.165) is 12.1 Å². The maximum absolute atomic E-state index is 13.4. The summed E-state index contributed by atoms with van der Waals surface area (Å²) >= 11 is 9.06. The van der Waals surface area contributed by atoms with Crippen molar-refractivity contribution in [1.29, 1.82) is 0 Å². The quantitative estimate of drug-likeness (QED) is 0.844. The van der Waals surface area contributed by atoms with Gasteiger partial charge in [-0.25, -0.2) is 8.78 Å². The SMILES string of the molecule is O=C(Nc1c(F)cccc1F)c1cc(Br)ccc1Cl. The summed E-state index contributed by atoms with van der Waals surface area (Å²) in [5, 5.41) is 2.36. The van der Waals surface area contributed by atoms with Gasteiger partial charge in [-0.2, -0.15) is 0 Å². The van der Waals surface area contributed by atoms with Crippen LogP contribution in [-0.2, 0) is 0 Å². The van der Waals surface area contributed by atoms with Crippen LogP contribution in [0.5, 0.6) is 0 Å². The van der Waals surface area contributed by atoms with Crippen LogP contribution >= 0.6 is 27.5 Å². The Morgan fingerprint density at radius 1 is 1.16 bits per heavy atom. The van der Waals surface area contributed by atoms with Gasteiger partial charge in [-0.3, -0.25) is 4.79 Å². The summed E-state index contributed by atoms with van der Waals surface area (Å²) in [7, 11) is 0. The lowest BCUT2D eigenvalue weighted by molar-refractivity contribution is 0.102. The van der Waals surface area contributed by atoms with Gasteiger partial charge in [0.15, 0.2) is 0 Å². The van der Waals surface area contributed by atoms with Crippen LogP contribution in [0.2, 0.25) is 5.02 Å². The first-order valence-corrected chi connectivity index (χ1v) is 6.36. The Hall–Kier alpha value is -1.46. The lowest BCUT2D eigenvalue weighted by atomic mass is 10.2. The maximum Gasteiger partial charge on any atom is 0.257 e. The molecule has 0 unspecified atom stereocenters. The van der Waals surface area contributed by atoms with Crippen molar-refractivity contribution in [2.75, 3.05) is 5.32 Å². The van der Waals surface area contributed by atoms with Crippen molar-refractivity contribution in [2.24, 2.45) is 0 Å². The summed E-state index contributed by atoms with van der Waals surface area (Å²) in [6, 6.07) is 7.96. The topological polar surface area (TPSA) is 29.1 Å². The van der Waals surface area contributed by atoms with E-state index in [1.807, 2.05) is 0 Å². The van der Waals surface area contributed by atoms with Crippen molar-refractivity contribution >= 4 is 39.1 Å². The molecule has 0 bridgehead atoms. The molecule has 2 rings (SSSR count). The van der Waals surface area contributed by atoms with Crippen LogP contribution < -0.4 is 5.32 Å². The molecule has 0 heterocycles.